The van der Waals surface area contributed by atoms with Crippen LogP contribution in [0.15, 0.2) is 12.1 Å². The van der Waals surface area contributed by atoms with Gasteiger partial charge in [-0.15, -0.1) is 0 Å². The Hall–Kier alpha value is -3.61. The number of aliphatic carboxylic acids is 1. The highest BCUT2D eigenvalue weighted by molar-refractivity contribution is 5.94. The first-order chi connectivity index (χ1) is 16.8. The molecule has 0 saturated heterocycles. The van der Waals surface area contributed by atoms with Crippen LogP contribution < -0.4 is 5.73 Å². The van der Waals surface area contributed by atoms with Gasteiger partial charge in [0.25, 0.3) is 0 Å². The Labute approximate surface area is 199 Å². The van der Waals surface area contributed by atoms with Crippen LogP contribution in [0.4, 0.5) is 19.0 Å². The van der Waals surface area contributed by atoms with Gasteiger partial charge >= 0.3 is 5.97 Å². The fourth-order valence-corrected chi connectivity index (χ4v) is 5.55. The molecule has 4 saturated carbocycles. The van der Waals surface area contributed by atoms with Gasteiger partial charge < -0.3 is 10.8 Å². The van der Waals surface area contributed by atoms with Gasteiger partial charge in [-0.05, 0) is 55.9 Å². The van der Waals surface area contributed by atoms with E-state index in [0.29, 0.717) is 12.0 Å². The minimum Gasteiger partial charge on any atom is -0.481 e. The summed E-state index contributed by atoms with van der Waals surface area (Å²) in [6.45, 7) is 0. The van der Waals surface area contributed by atoms with Gasteiger partial charge in [-0.25, -0.2) is 18.2 Å². The van der Waals surface area contributed by atoms with Crippen molar-refractivity contribution in [3.05, 3.63) is 40.7 Å². The van der Waals surface area contributed by atoms with Crippen molar-refractivity contribution in [3.63, 3.8) is 0 Å². The zero-order valence-electron chi connectivity index (χ0n) is 18.8. The largest absolute Gasteiger partial charge is 0.481 e. The third-order valence-electron chi connectivity index (χ3n) is 7.48. The summed E-state index contributed by atoms with van der Waals surface area (Å²) in [5, 5.41) is 24.8. The summed E-state index contributed by atoms with van der Waals surface area (Å²) in [4.78, 5) is 14.7. The van der Waals surface area contributed by atoms with E-state index in [4.69, 9.17) is 10.8 Å². The van der Waals surface area contributed by atoms with E-state index < -0.39 is 23.4 Å². The maximum Gasteiger partial charge on any atom is 0.306 e. The number of fused-ring (bicyclic) bond motifs is 4. The fraction of sp³-hybridized carbons (Fsp3) is 0.440. The quantitative estimate of drug-likeness (QED) is 0.465. The van der Waals surface area contributed by atoms with E-state index >= 15 is 0 Å². The first-order valence-corrected chi connectivity index (χ1v) is 11.7. The highest BCUT2D eigenvalue weighted by atomic mass is 19.1. The van der Waals surface area contributed by atoms with E-state index in [1.807, 2.05) is 6.07 Å². The lowest BCUT2D eigenvalue weighted by molar-refractivity contribution is -0.147. The molecule has 10 heteroatoms. The number of carboxylic acids is 1. The molecule has 0 aliphatic heterocycles. The number of H-pyrrole nitrogens is 1. The van der Waals surface area contributed by atoms with Crippen LogP contribution >= 0.6 is 0 Å². The van der Waals surface area contributed by atoms with Crippen LogP contribution in [0.3, 0.4) is 0 Å². The Bertz CT molecular complexity index is 1350. The number of benzene rings is 1. The number of hydrogen-bond donors (Lipinski definition) is 3. The van der Waals surface area contributed by atoms with E-state index in [9.17, 15) is 23.2 Å². The lowest BCUT2D eigenvalue weighted by Crippen LogP contribution is -2.35. The number of aromatic nitrogens is 3. The van der Waals surface area contributed by atoms with Crippen molar-refractivity contribution in [2.24, 2.45) is 17.8 Å². The van der Waals surface area contributed by atoms with Crippen LogP contribution in [-0.4, -0.2) is 26.3 Å². The lowest BCUT2D eigenvalue weighted by atomic mass is 9.65. The average molecular weight is 483 g/mol. The molecule has 2 heterocycles. The standard InChI is InChI=1S/C16H10F3N5.C9H14O2/c17-7-3-8-13(10(18)4-7)23-24-15(8)14-9(5-20)11(6-1-2-6)12(19)16(21)22-14;10-9(11)8-5-6-1-3-7(8)4-2-6/h3-4,6H,1-2H2,(H2,21,22)(H,23,24);6-8H,1-5H2,(H,10,11). The van der Waals surface area contributed by atoms with Gasteiger partial charge in [0.2, 0.25) is 0 Å². The zero-order chi connectivity index (χ0) is 24.9. The Morgan fingerprint density at radius 3 is 2.40 bits per heavy atom. The monoisotopic (exact) mass is 483 g/mol. The molecule has 7 nitrogen and oxygen atoms in total. The normalized spacial score (nSPS) is 23.0. The van der Waals surface area contributed by atoms with Crippen LogP contribution in [0.2, 0.25) is 0 Å². The van der Waals surface area contributed by atoms with E-state index in [-0.39, 0.29) is 51.1 Å². The summed E-state index contributed by atoms with van der Waals surface area (Å²) in [5.41, 5.74) is 5.95. The molecule has 1 aromatic carbocycles. The number of hydrogen-bond acceptors (Lipinski definition) is 5. The van der Waals surface area contributed by atoms with Gasteiger partial charge in [0.15, 0.2) is 17.5 Å². The van der Waals surface area contributed by atoms with Crippen molar-refractivity contribution in [1.29, 1.82) is 5.26 Å². The molecular weight excluding hydrogens is 459 g/mol. The molecule has 0 spiro atoms. The molecule has 4 N–H and O–H groups in total. The summed E-state index contributed by atoms with van der Waals surface area (Å²) in [5.74, 6) is -2.10. The summed E-state index contributed by atoms with van der Waals surface area (Å²) >= 11 is 0. The number of pyridine rings is 1. The summed E-state index contributed by atoms with van der Waals surface area (Å²) in [6.07, 6.45) is 7.37. The molecule has 35 heavy (non-hydrogen) atoms. The SMILES string of the molecule is N#Cc1c(-c2[nH]nc3c(F)cc(F)cc23)nc(N)c(F)c1C1CC1.O=C(O)C1CC2CCC1CC2. The Morgan fingerprint density at radius 1 is 1.14 bits per heavy atom. The van der Waals surface area contributed by atoms with Gasteiger partial charge in [0, 0.05) is 17.0 Å². The number of nitriles is 1. The lowest BCUT2D eigenvalue weighted by Gasteiger charge is -2.40. The van der Waals surface area contributed by atoms with Crippen LogP contribution in [-0.2, 0) is 4.79 Å². The third-order valence-corrected chi connectivity index (χ3v) is 7.48. The molecule has 1 atom stereocenters. The maximum absolute atomic E-state index is 14.3. The molecule has 4 fully saturated rings. The highest BCUT2D eigenvalue weighted by Crippen LogP contribution is 2.46. The Morgan fingerprint density at radius 2 is 1.86 bits per heavy atom. The van der Waals surface area contributed by atoms with Gasteiger partial charge in [-0.1, -0.05) is 12.8 Å². The number of nitrogens with one attached hydrogen (secondary N) is 1. The first kappa shape index (κ1) is 23.1. The average Bonchev–Trinajstić information content (AvgIpc) is 3.60. The molecule has 7 rings (SSSR count). The number of nitrogens with two attached hydrogens (primary N) is 1. The molecular formula is C25H24F3N5O2. The molecule has 182 valence electrons. The predicted octanol–water partition coefficient (Wildman–Crippen LogP) is 5.27. The number of aromatic amines is 1. The van der Waals surface area contributed by atoms with Crippen molar-refractivity contribution < 1.29 is 23.1 Å². The Balaban J connectivity index is 0.000000192. The second-order valence-electron chi connectivity index (χ2n) is 9.68. The fourth-order valence-electron chi connectivity index (χ4n) is 5.55. The molecule has 4 aliphatic carbocycles. The Kier molecular flexibility index (Phi) is 5.87. The van der Waals surface area contributed by atoms with Crippen LogP contribution in [0.25, 0.3) is 22.3 Å². The molecule has 3 aromatic rings. The predicted molar refractivity (Wildman–Crippen MR) is 121 cm³/mol. The molecule has 0 radical (unpaired) electrons. The van der Waals surface area contributed by atoms with E-state index in [2.05, 4.69) is 15.2 Å². The van der Waals surface area contributed by atoms with E-state index in [1.165, 1.54) is 25.7 Å². The molecule has 0 amide bonds. The second kappa shape index (κ2) is 8.87. The summed E-state index contributed by atoms with van der Waals surface area (Å²) < 4.78 is 41.7. The number of carboxylic acid groups (broad SMARTS) is 1. The number of halogens is 3. The highest BCUT2D eigenvalue weighted by Gasteiger charge is 2.39. The van der Waals surface area contributed by atoms with Crippen molar-refractivity contribution in [2.75, 3.05) is 5.73 Å². The molecule has 2 bridgehead atoms. The second-order valence-corrected chi connectivity index (χ2v) is 9.68. The van der Waals surface area contributed by atoms with Crippen LogP contribution in [0.1, 0.15) is 62.0 Å². The number of nitrogen functional groups attached to an aromatic ring is 1. The summed E-state index contributed by atoms with van der Waals surface area (Å²) in [6, 6.07) is 3.73. The molecule has 4 aliphatic rings. The molecule has 2 aromatic heterocycles. The first-order valence-electron chi connectivity index (χ1n) is 11.7. The van der Waals surface area contributed by atoms with Crippen molar-refractivity contribution >= 4 is 22.7 Å². The zero-order valence-corrected chi connectivity index (χ0v) is 18.8. The minimum atomic E-state index is -0.844. The number of carbonyl (C=O) groups is 1. The van der Waals surface area contributed by atoms with Gasteiger partial charge in [-0.2, -0.15) is 10.4 Å². The van der Waals surface area contributed by atoms with E-state index in [1.54, 1.807) is 0 Å². The third kappa shape index (κ3) is 4.20. The topological polar surface area (TPSA) is 129 Å². The van der Waals surface area contributed by atoms with Crippen molar-refractivity contribution in [1.82, 2.24) is 15.2 Å². The van der Waals surface area contributed by atoms with Gasteiger partial charge in [0.1, 0.15) is 23.1 Å². The van der Waals surface area contributed by atoms with Crippen molar-refractivity contribution in [2.45, 2.75) is 50.9 Å². The number of rotatable bonds is 3. The number of anilines is 1. The minimum absolute atomic E-state index is 0.00231. The van der Waals surface area contributed by atoms with Crippen LogP contribution in [0, 0.1) is 46.5 Å². The van der Waals surface area contributed by atoms with Crippen LogP contribution in [0.5, 0.6) is 0 Å². The van der Waals surface area contributed by atoms with Gasteiger partial charge in [-0.3, -0.25) is 9.89 Å². The number of nitrogens with zero attached hydrogens (tertiary/aromatic N) is 3. The smallest absolute Gasteiger partial charge is 0.306 e. The van der Waals surface area contributed by atoms with Crippen molar-refractivity contribution in [3.8, 4) is 17.5 Å². The maximum atomic E-state index is 14.3. The molecule has 1 unspecified atom stereocenters. The van der Waals surface area contributed by atoms with E-state index in [0.717, 1.165) is 31.2 Å². The van der Waals surface area contributed by atoms with Gasteiger partial charge in [0.05, 0.1) is 17.2 Å². The summed E-state index contributed by atoms with van der Waals surface area (Å²) in [7, 11) is 0.